The van der Waals surface area contributed by atoms with Crippen LogP contribution in [0.4, 0.5) is 0 Å². The van der Waals surface area contributed by atoms with Gasteiger partial charge in [0.2, 0.25) is 0 Å². The van der Waals surface area contributed by atoms with Gasteiger partial charge in [-0.1, -0.05) is 337 Å². The Kier molecular flexibility index (Phi) is 65.1. The molecule has 0 aromatic rings. The summed E-state index contributed by atoms with van der Waals surface area (Å²) in [5.41, 5.74) is 0. The van der Waals surface area contributed by atoms with E-state index < -0.39 is 24.3 Å². The largest absolute Gasteiger partial charge is 0.545 e. The topological polar surface area (TPSA) is 111 Å². The molecule has 500 valence electrons. The lowest BCUT2D eigenvalue weighted by Gasteiger charge is -2.26. The van der Waals surface area contributed by atoms with E-state index in [4.69, 9.17) is 18.9 Å². The van der Waals surface area contributed by atoms with Crippen LogP contribution in [0, 0.1) is 0 Å². The number of carboxylic acid groups (broad SMARTS) is 1. The van der Waals surface area contributed by atoms with Gasteiger partial charge in [-0.05, 0) is 64.2 Å². The third-order valence-electron chi connectivity index (χ3n) is 16.2. The van der Waals surface area contributed by atoms with Crippen LogP contribution in [-0.2, 0) is 33.3 Å². The SMILES string of the molecule is CC/C=C\C/C=C\C/C=C\C/C=C\C/C=C\C/C=C\CCCCCCCCCCCCCCCCCCCCC(=O)OC(COC(=O)CCCCCCCCCCCCCCCCCCCCCCCCCC)COC(OCC[N+](C)(C)C)C(=O)[O-]. The van der Waals surface area contributed by atoms with Crippen molar-refractivity contribution in [3.8, 4) is 0 Å². The van der Waals surface area contributed by atoms with Gasteiger partial charge in [0.15, 0.2) is 12.4 Å². The molecule has 0 aromatic heterocycles. The molecule has 0 aromatic carbocycles. The Morgan fingerprint density at radius 2 is 0.663 bits per heavy atom. The number of esters is 2. The normalized spacial score (nSPS) is 13.1. The Balaban J connectivity index is 4.04. The van der Waals surface area contributed by atoms with Crippen LogP contribution in [0.3, 0.4) is 0 Å². The zero-order chi connectivity index (χ0) is 62.6. The standard InChI is InChI=1S/C77H139NO8/c1-6-8-10-12-14-16-18-20-22-24-26-28-30-32-33-34-35-36-37-38-39-40-41-42-43-44-46-48-50-52-54-56-58-60-62-64-66-68-75(80)86-73(72-85-77(76(81)82)83-70-69-78(3,4)5)71-84-74(79)67-65-63-61-59-57-55-53-51-49-47-45-31-29-27-25-23-21-19-17-15-13-11-9-7-2/h8,10,14,16,20,22,26,28,32-33,35-36,73,77H,6-7,9,11-13,15,17-19,21,23-25,27,29-31,34,37-72H2,1-5H3/b10-8-,16-14-,22-20-,28-26-,33-32-,36-35-. The summed E-state index contributed by atoms with van der Waals surface area (Å²) in [7, 11) is 5.94. The van der Waals surface area contributed by atoms with E-state index in [1.807, 2.05) is 21.1 Å². The maximum Gasteiger partial charge on any atom is 0.306 e. The molecule has 2 atom stereocenters. The van der Waals surface area contributed by atoms with Crippen LogP contribution in [0.25, 0.3) is 0 Å². The Morgan fingerprint density at radius 3 is 0.988 bits per heavy atom. The minimum absolute atomic E-state index is 0.149. The van der Waals surface area contributed by atoms with Crippen molar-refractivity contribution in [3.63, 3.8) is 0 Å². The average Bonchev–Trinajstić information content (AvgIpc) is 3.64. The number of unbranched alkanes of at least 4 members (excludes halogenated alkanes) is 41. The number of nitrogens with zero attached hydrogens (tertiary/aromatic N) is 1. The smallest absolute Gasteiger partial charge is 0.306 e. The van der Waals surface area contributed by atoms with E-state index in [-0.39, 0.29) is 32.2 Å². The van der Waals surface area contributed by atoms with E-state index in [9.17, 15) is 19.5 Å². The predicted octanol–water partition coefficient (Wildman–Crippen LogP) is 21.5. The molecule has 0 saturated heterocycles. The molecule has 0 aliphatic heterocycles. The predicted molar refractivity (Wildman–Crippen MR) is 366 cm³/mol. The molecular formula is C77H139NO8. The summed E-state index contributed by atoms with van der Waals surface area (Å²) in [4.78, 5) is 37.5. The molecule has 0 aliphatic carbocycles. The number of hydrogen-bond donors (Lipinski definition) is 0. The van der Waals surface area contributed by atoms with Gasteiger partial charge in [0, 0.05) is 12.8 Å². The van der Waals surface area contributed by atoms with E-state index in [0.29, 0.717) is 23.9 Å². The monoisotopic (exact) mass is 1210 g/mol. The van der Waals surface area contributed by atoms with Gasteiger partial charge in [-0.2, -0.15) is 0 Å². The zero-order valence-electron chi connectivity index (χ0n) is 57.2. The third-order valence-corrected chi connectivity index (χ3v) is 16.2. The van der Waals surface area contributed by atoms with Crippen LogP contribution in [0.1, 0.15) is 341 Å². The van der Waals surface area contributed by atoms with Gasteiger partial charge in [0.25, 0.3) is 0 Å². The van der Waals surface area contributed by atoms with Crippen molar-refractivity contribution in [1.82, 2.24) is 0 Å². The summed E-state index contributed by atoms with van der Waals surface area (Å²) < 4.78 is 22.8. The lowest BCUT2D eigenvalue weighted by atomic mass is 10.0. The number of hydrogen-bond acceptors (Lipinski definition) is 8. The molecule has 9 nitrogen and oxygen atoms in total. The summed E-state index contributed by atoms with van der Waals surface area (Å²) in [6.07, 6.45) is 87.1. The first-order valence-electron chi connectivity index (χ1n) is 36.6. The molecule has 0 spiro atoms. The molecular weight excluding hydrogens is 1070 g/mol. The highest BCUT2D eigenvalue weighted by atomic mass is 16.7. The van der Waals surface area contributed by atoms with Crippen molar-refractivity contribution in [1.29, 1.82) is 0 Å². The maximum atomic E-state index is 12.9. The minimum atomic E-state index is -1.62. The third kappa shape index (κ3) is 68.2. The number of rotatable bonds is 68. The van der Waals surface area contributed by atoms with E-state index in [1.54, 1.807) is 0 Å². The van der Waals surface area contributed by atoms with Gasteiger partial charge in [0.05, 0.1) is 40.3 Å². The molecule has 0 heterocycles. The summed E-state index contributed by atoms with van der Waals surface area (Å²) in [6.45, 7) is 4.69. The van der Waals surface area contributed by atoms with E-state index in [0.717, 1.165) is 70.6 Å². The number of likely N-dealkylation sites (N-methyl/N-ethyl adjacent to an activating group) is 1. The molecule has 9 heteroatoms. The number of carbonyl (C=O) groups excluding carboxylic acids is 3. The van der Waals surface area contributed by atoms with E-state index in [2.05, 4.69) is 86.8 Å². The van der Waals surface area contributed by atoms with E-state index >= 15 is 0 Å². The second-order valence-electron chi connectivity index (χ2n) is 25.9. The first-order valence-corrected chi connectivity index (χ1v) is 36.6. The Labute approximate surface area is 532 Å². The molecule has 0 N–H and O–H groups in total. The second-order valence-corrected chi connectivity index (χ2v) is 25.9. The fourth-order valence-corrected chi connectivity index (χ4v) is 10.7. The molecule has 0 aliphatic rings. The molecule has 0 amide bonds. The lowest BCUT2D eigenvalue weighted by molar-refractivity contribution is -0.870. The highest BCUT2D eigenvalue weighted by Gasteiger charge is 2.22. The van der Waals surface area contributed by atoms with Gasteiger partial charge in [-0.25, -0.2) is 0 Å². The summed E-state index contributed by atoms with van der Waals surface area (Å²) in [5.74, 6) is -2.26. The number of allylic oxidation sites excluding steroid dienone is 12. The van der Waals surface area contributed by atoms with E-state index in [1.165, 1.54) is 238 Å². The fourth-order valence-electron chi connectivity index (χ4n) is 10.7. The summed E-state index contributed by atoms with van der Waals surface area (Å²) in [5, 5.41) is 11.8. The number of ether oxygens (including phenoxy) is 4. The van der Waals surface area contributed by atoms with Crippen LogP contribution >= 0.6 is 0 Å². The van der Waals surface area contributed by atoms with Gasteiger partial charge >= 0.3 is 11.9 Å². The number of carbonyl (C=O) groups is 3. The molecule has 0 saturated carbocycles. The number of quaternary nitrogens is 1. The van der Waals surface area contributed by atoms with Crippen LogP contribution in [0.15, 0.2) is 72.9 Å². The van der Waals surface area contributed by atoms with Gasteiger partial charge in [-0.15, -0.1) is 0 Å². The van der Waals surface area contributed by atoms with Gasteiger partial charge in [0.1, 0.15) is 13.2 Å². The van der Waals surface area contributed by atoms with Crippen molar-refractivity contribution in [2.24, 2.45) is 0 Å². The lowest BCUT2D eigenvalue weighted by Crippen LogP contribution is -2.44. The summed E-state index contributed by atoms with van der Waals surface area (Å²) >= 11 is 0. The van der Waals surface area contributed by atoms with Crippen molar-refractivity contribution in [3.05, 3.63) is 72.9 Å². The zero-order valence-corrected chi connectivity index (χ0v) is 57.2. The van der Waals surface area contributed by atoms with Crippen molar-refractivity contribution in [2.45, 2.75) is 354 Å². The molecule has 86 heavy (non-hydrogen) atoms. The summed E-state index contributed by atoms with van der Waals surface area (Å²) in [6, 6.07) is 0. The first kappa shape index (κ1) is 82.7. The molecule has 0 rings (SSSR count). The second kappa shape index (κ2) is 67.7. The number of carboxylic acids is 1. The van der Waals surface area contributed by atoms with Crippen molar-refractivity contribution < 1.29 is 42.9 Å². The molecule has 0 fully saturated rings. The van der Waals surface area contributed by atoms with Gasteiger partial charge < -0.3 is 33.3 Å². The van der Waals surface area contributed by atoms with Crippen LogP contribution in [-0.4, -0.2) is 82.3 Å². The van der Waals surface area contributed by atoms with Crippen LogP contribution in [0.5, 0.6) is 0 Å². The quantitative estimate of drug-likeness (QED) is 0.0195. The highest BCUT2D eigenvalue weighted by molar-refractivity contribution is 5.70. The minimum Gasteiger partial charge on any atom is -0.545 e. The van der Waals surface area contributed by atoms with Crippen molar-refractivity contribution in [2.75, 3.05) is 47.5 Å². The number of aliphatic carboxylic acids is 1. The van der Waals surface area contributed by atoms with Gasteiger partial charge in [-0.3, -0.25) is 9.59 Å². The Hall–Kier alpha value is -3.27. The average molecular weight is 1210 g/mol. The first-order chi connectivity index (χ1) is 42.1. The van der Waals surface area contributed by atoms with Crippen LogP contribution in [0.2, 0.25) is 0 Å². The maximum absolute atomic E-state index is 12.9. The molecule has 0 bridgehead atoms. The fraction of sp³-hybridized carbons (Fsp3) is 0.805. The highest BCUT2D eigenvalue weighted by Crippen LogP contribution is 2.19. The Bertz CT molecular complexity index is 1640. The van der Waals surface area contributed by atoms with Crippen LogP contribution < -0.4 is 5.11 Å². The molecule has 2 unspecified atom stereocenters. The Morgan fingerprint density at radius 1 is 0.360 bits per heavy atom. The van der Waals surface area contributed by atoms with Crippen molar-refractivity contribution >= 4 is 17.9 Å². The molecule has 0 radical (unpaired) electrons.